The molecule has 0 amide bonds. The van der Waals surface area contributed by atoms with Gasteiger partial charge in [0.15, 0.2) is 0 Å². The first-order valence-electron chi connectivity index (χ1n) is 4.57. The van der Waals surface area contributed by atoms with E-state index in [0.717, 1.165) is 11.1 Å². The molecule has 0 aromatic heterocycles. The third kappa shape index (κ3) is 2.72. The Kier molecular flexibility index (Phi) is 3.44. The van der Waals surface area contributed by atoms with Gasteiger partial charge in [-0.25, -0.2) is 0 Å². The normalized spacial score (nSPS) is 13.4. The van der Waals surface area contributed by atoms with E-state index < -0.39 is 0 Å². The molecule has 2 N–H and O–H groups in total. The molecule has 1 rings (SSSR count). The molecule has 2 nitrogen and oxygen atoms in total. The number of hydrogen-bond acceptors (Lipinski definition) is 2. The molecule has 0 heterocycles. The van der Waals surface area contributed by atoms with Crippen molar-refractivity contribution in [2.75, 3.05) is 0 Å². The van der Waals surface area contributed by atoms with Crippen LogP contribution in [-0.2, 0) is 0 Å². The molecule has 2 heteroatoms. The lowest BCUT2D eigenvalue weighted by molar-refractivity contribution is 0.868. The van der Waals surface area contributed by atoms with Crippen LogP contribution in [0, 0.1) is 11.3 Å². The van der Waals surface area contributed by atoms with E-state index in [0.29, 0.717) is 5.56 Å². The summed E-state index contributed by atoms with van der Waals surface area (Å²) in [4.78, 5) is 0. The minimum atomic E-state index is 0.0747. The summed E-state index contributed by atoms with van der Waals surface area (Å²) >= 11 is 0. The first kappa shape index (κ1) is 10.5. The quantitative estimate of drug-likeness (QED) is 0.770. The first-order chi connectivity index (χ1) is 6.63. The summed E-state index contributed by atoms with van der Waals surface area (Å²) in [7, 11) is 0. The van der Waals surface area contributed by atoms with Crippen molar-refractivity contribution >= 4 is 6.08 Å². The maximum Gasteiger partial charge on any atom is 0.0991 e. The van der Waals surface area contributed by atoms with E-state index in [4.69, 9.17) is 11.0 Å². The third-order valence-corrected chi connectivity index (χ3v) is 2.15. The Morgan fingerprint density at radius 3 is 2.43 bits per heavy atom. The summed E-state index contributed by atoms with van der Waals surface area (Å²) < 4.78 is 0. The van der Waals surface area contributed by atoms with E-state index in [-0.39, 0.29) is 6.04 Å². The first-order valence-corrected chi connectivity index (χ1v) is 4.57. The van der Waals surface area contributed by atoms with Crippen LogP contribution in [-0.4, -0.2) is 6.04 Å². The van der Waals surface area contributed by atoms with Gasteiger partial charge in [-0.1, -0.05) is 23.8 Å². The molecule has 0 aliphatic heterocycles. The fourth-order valence-corrected chi connectivity index (χ4v) is 1.05. The minimum Gasteiger partial charge on any atom is -0.324 e. The number of benzene rings is 1. The van der Waals surface area contributed by atoms with Gasteiger partial charge >= 0.3 is 0 Å². The Bertz CT molecular complexity index is 366. The topological polar surface area (TPSA) is 49.8 Å². The van der Waals surface area contributed by atoms with Crippen molar-refractivity contribution in [2.24, 2.45) is 5.73 Å². The molecule has 0 saturated heterocycles. The fraction of sp³-hybridized carbons (Fsp3) is 0.250. The second kappa shape index (κ2) is 4.59. The molecule has 1 aromatic carbocycles. The van der Waals surface area contributed by atoms with Crippen LogP contribution < -0.4 is 5.73 Å². The molecule has 1 atom stereocenters. The highest BCUT2D eigenvalue weighted by atomic mass is 14.6. The fourth-order valence-electron chi connectivity index (χ4n) is 1.05. The van der Waals surface area contributed by atoms with Crippen molar-refractivity contribution < 1.29 is 0 Å². The Morgan fingerprint density at radius 2 is 2.00 bits per heavy atom. The van der Waals surface area contributed by atoms with Crippen LogP contribution in [0.15, 0.2) is 29.8 Å². The van der Waals surface area contributed by atoms with Crippen LogP contribution in [0.3, 0.4) is 0 Å². The lowest BCUT2D eigenvalue weighted by atomic mass is 10.1. The van der Waals surface area contributed by atoms with Gasteiger partial charge in [-0.3, -0.25) is 0 Å². The summed E-state index contributed by atoms with van der Waals surface area (Å²) in [6, 6.07) is 9.61. The van der Waals surface area contributed by atoms with Gasteiger partial charge in [0, 0.05) is 6.04 Å². The maximum absolute atomic E-state index is 8.61. The highest BCUT2D eigenvalue weighted by molar-refractivity contribution is 5.54. The van der Waals surface area contributed by atoms with E-state index >= 15 is 0 Å². The second-order valence-electron chi connectivity index (χ2n) is 3.41. The number of nitrogens with zero attached hydrogens (tertiary/aromatic N) is 1. The van der Waals surface area contributed by atoms with Crippen molar-refractivity contribution in [3.05, 3.63) is 41.0 Å². The molecular formula is C12H14N2. The predicted octanol–water partition coefficient (Wildman–Crippen LogP) is 2.31. The summed E-state index contributed by atoms with van der Waals surface area (Å²) in [5.41, 5.74) is 8.62. The molecule has 0 fully saturated rings. The maximum atomic E-state index is 8.61. The minimum absolute atomic E-state index is 0.0747. The van der Waals surface area contributed by atoms with Gasteiger partial charge in [0.2, 0.25) is 0 Å². The molecule has 0 radical (unpaired) electrons. The number of nitrogens with two attached hydrogens (primary N) is 1. The van der Waals surface area contributed by atoms with Crippen LogP contribution >= 0.6 is 0 Å². The van der Waals surface area contributed by atoms with E-state index in [1.807, 2.05) is 32.1 Å². The molecule has 1 unspecified atom stereocenters. The Labute approximate surface area is 84.7 Å². The molecule has 0 aliphatic rings. The average Bonchev–Trinajstić information content (AvgIpc) is 2.19. The summed E-state index contributed by atoms with van der Waals surface area (Å²) in [6.45, 7) is 3.96. The number of rotatable bonds is 2. The van der Waals surface area contributed by atoms with Crippen molar-refractivity contribution in [2.45, 2.75) is 19.9 Å². The third-order valence-electron chi connectivity index (χ3n) is 2.15. The average molecular weight is 186 g/mol. The second-order valence-corrected chi connectivity index (χ2v) is 3.41. The SMILES string of the molecule is C/C(=C\c1ccc(C#N)cc1)C(C)N. The van der Waals surface area contributed by atoms with E-state index in [1.54, 1.807) is 12.1 Å². The number of hydrogen-bond donors (Lipinski definition) is 1. The molecular weight excluding hydrogens is 172 g/mol. The van der Waals surface area contributed by atoms with E-state index in [2.05, 4.69) is 6.07 Å². The molecule has 14 heavy (non-hydrogen) atoms. The van der Waals surface area contributed by atoms with Crippen molar-refractivity contribution in [1.29, 1.82) is 5.26 Å². The lowest BCUT2D eigenvalue weighted by Gasteiger charge is -2.04. The summed E-state index contributed by atoms with van der Waals surface area (Å²) in [6.07, 6.45) is 2.03. The number of nitriles is 1. The van der Waals surface area contributed by atoms with Crippen LogP contribution in [0.1, 0.15) is 25.0 Å². The Morgan fingerprint density at radius 1 is 1.43 bits per heavy atom. The van der Waals surface area contributed by atoms with Crippen molar-refractivity contribution in [3.8, 4) is 6.07 Å². The zero-order valence-corrected chi connectivity index (χ0v) is 8.49. The smallest absolute Gasteiger partial charge is 0.0991 e. The van der Waals surface area contributed by atoms with Crippen LogP contribution in [0.5, 0.6) is 0 Å². The molecule has 0 bridgehead atoms. The van der Waals surface area contributed by atoms with Gasteiger partial charge in [-0.05, 0) is 31.5 Å². The molecule has 0 saturated carbocycles. The van der Waals surface area contributed by atoms with Gasteiger partial charge in [-0.2, -0.15) is 5.26 Å². The Hall–Kier alpha value is -1.59. The zero-order valence-electron chi connectivity index (χ0n) is 8.49. The monoisotopic (exact) mass is 186 g/mol. The molecule has 72 valence electrons. The highest BCUT2D eigenvalue weighted by Gasteiger charge is 1.96. The summed E-state index contributed by atoms with van der Waals surface area (Å²) in [5, 5.41) is 8.61. The van der Waals surface area contributed by atoms with Gasteiger partial charge in [-0.15, -0.1) is 0 Å². The van der Waals surface area contributed by atoms with Crippen LogP contribution in [0.2, 0.25) is 0 Å². The van der Waals surface area contributed by atoms with Gasteiger partial charge < -0.3 is 5.73 Å². The van der Waals surface area contributed by atoms with Gasteiger partial charge in [0.25, 0.3) is 0 Å². The Balaban J connectivity index is 2.89. The predicted molar refractivity (Wildman–Crippen MR) is 58.5 cm³/mol. The van der Waals surface area contributed by atoms with E-state index in [1.165, 1.54) is 0 Å². The van der Waals surface area contributed by atoms with E-state index in [9.17, 15) is 0 Å². The van der Waals surface area contributed by atoms with Crippen LogP contribution in [0.25, 0.3) is 6.08 Å². The van der Waals surface area contributed by atoms with Gasteiger partial charge in [0.1, 0.15) is 0 Å². The molecule has 0 aliphatic carbocycles. The highest BCUT2D eigenvalue weighted by Crippen LogP contribution is 2.09. The molecule has 0 spiro atoms. The zero-order chi connectivity index (χ0) is 10.6. The van der Waals surface area contributed by atoms with Gasteiger partial charge in [0.05, 0.1) is 11.6 Å². The lowest BCUT2D eigenvalue weighted by Crippen LogP contribution is -2.15. The summed E-state index contributed by atoms with van der Waals surface area (Å²) in [5.74, 6) is 0. The largest absolute Gasteiger partial charge is 0.324 e. The standard InChI is InChI=1S/C12H14N2/c1-9(10(2)14)7-11-3-5-12(8-13)6-4-11/h3-7,10H,14H2,1-2H3/b9-7+. The van der Waals surface area contributed by atoms with Crippen molar-refractivity contribution in [3.63, 3.8) is 0 Å². The van der Waals surface area contributed by atoms with Crippen molar-refractivity contribution in [1.82, 2.24) is 0 Å². The molecule has 1 aromatic rings. The van der Waals surface area contributed by atoms with Crippen LogP contribution in [0.4, 0.5) is 0 Å².